The van der Waals surface area contributed by atoms with Crippen LogP contribution in [0.1, 0.15) is 19.3 Å². The average Bonchev–Trinajstić information content (AvgIpc) is 3.15. The quantitative estimate of drug-likeness (QED) is 0.215. The molecule has 1 aliphatic rings. The molecule has 0 aliphatic carbocycles. The van der Waals surface area contributed by atoms with Crippen LogP contribution in [0.4, 0.5) is 4.39 Å². The molecule has 1 atom stereocenters. The first-order chi connectivity index (χ1) is 13.2. The third-order valence-electron chi connectivity index (χ3n) is 4.52. The Hall–Kier alpha value is -1.13. The number of hydrogen-bond donors (Lipinski definition) is 1. The number of nitrogens with zero attached hydrogens (tertiary/aromatic N) is 2. The SMILES string of the molecule is CN=C(NCCCCOc1ccc(F)cc1)N1CCC(COCCOC)C1.I. The number of rotatable bonds is 11. The number of guanidine groups is 1. The van der Waals surface area contributed by atoms with Gasteiger partial charge >= 0.3 is 0 Å². The van der Waals surface area contributed by atoms with E-state index in [1.54, 1.807) is 19.2 Å². The van der Waals surface area contributed by atoms with Crippen LogP contribution in [-0.4, -0.2) is 71.1 Å². The highest BCUT2D eigenvalue weighted by molar-refractivity contribution is 14.0. The Morgan fingerprint density at radius 1 is 1.21 bits per heavy atom. The first-order valence-corrected chi connectivity index (χ1v) is 9.63. The summed E-state index contributed by atoms with van der Waals surface area (Å²) in [5, 5.41) is 3.42. The number of aliphatic imine (C=N–C) groups is 1. The van der Waals surface area contributed by atoms with E-state index in [4.69, 9.17) is 14.2 Å². The standard InChI is InChI=1S/C20H32FN3O3.HI/c1-22-20(24-11-9-17(15-24)16-26-14-13-25-2)23-10-3-4-12-27-19-7-5-18(21)6-8-19;/h5-8,17H,3-4,9-16H2,1-2H3,(H,22,23);1H. The molecule has 1 N–H and O–H groups in total. The van der Waals surface area contributed by atoms with Crippen LogP contribution < -0.4 is 10.1 Å². The molecule has 0 aromatic heterocycles. The molecule has 1 saturated heterocycles. The fraction of sp³-hybridized carbons (Fsp3) is 0.650. The van der Waals surface area contributed by atoms with Gasteiger partial charge in [-0.25, -0.2) is 4.39 Å². The minimum absolute atomic E-state index is 0. The third-order valence-corrected chi connectivity index (χ3v) is 4.52. The van der Waals surface area contributed by atoms with Crippen LogP contribution in [0.25, 0.3) is 0 Å². The van der Waals surface area contributed by atoms with Crippen LogP contribution in [0.15, 0.2) is 29.3 Å². The van der Waals surface area contributed by atoms with Crippen LogP contribution in [0.5, 0.6) is 5.75 Å². The van der Waals surface area contributed by atoms with Crippen molar-refractivity contribution < 1.29 is 18.6 Å². The molecule has 1 unspecified atom stereocenters. The summed E-state index contributed by atoms with van der Waals surface area (Å²) in [7, 11) is 3.51. The zero-order valence-electron chi connectivity index (χ0n) is 16.9. The van der Waals surface area contributed by atoms with Crippen LogP contribution in [0.2, 0.25) is 0 Å². The maximum Gasteiger partial charge on any atom is 0.193 e. The summed E-state index contributed by atoms with van der Waals surface area (Å²) in [5.41, 5.74) is 0. The summed E-state index contributed by atoms with van der Waals surface area (Å²) < 4.78 is 29.1. The van der Waals surface area contributed by atoms with Gasteiger partial charge in [-0.2, -0.15) is 0 Å². The number of hydrogen-bond acceptors (Lipinski definition) is 4. The van der Waals surface area contributed by atoms with Gasteiger partial charge in [-0.15, -0.1) is 24.0 Å². The molecular formula is C20H33FIN3O3. The van der Waals surface area contributed by atoms with Crippen molar-refractivity contribution in [3.63, 3.8) is 0 Å². The maximum absolute atomic E-state index is 12.8. The maximum atomic E-state index is 12.8. The van der Waals surface area contributed by atoms with E-state index in [9.17, 15) is 4.39 Å². The fourth-order valence-corrected chi connectivity index (χ4v) is 3.03. The predicted octanol–water partition coefficient (Wildman–Crippen LogP) is 3.16. The van der Waals surface area contributed by atoms with Crippen molar-refractivity contribution in [1.29, 1.82) is 0 Å². The number of ether oxygens (including phenoxy) is 3. The lowest BCUT2D eigenvalue weighted by atomic mass is 10.1. The van der Waals surface area contributed by atoms with E-state index >= 15 is 0 Å². The largest absolute Gasteiger partial charge is 0.494 e. The van der Waals surface area contributed by atoms with Crippen LogP contribution in [0, 0.1) is 11.7 Å². The van der Waals surface area contributed by atoms with Gasteiger partial charge in [-0.05, 0) is 43.5 Å². The van der Waals surface area contributed by atoms with Crippen molar-refractivity contribution in [3.05, 3.63) is 30.1 Å². The molecule has 2 rings (SSSR count). The number of nitrogens with one attached hydrogen (secondary N) is 1. The molecule has 0 spiro atoms. The minimum atomic E-state index is -0.247. The molecule has 0 bridgehead atoms. The van der Waals surface area contributed by atoms with E-state index in [2.05, 4.69) is 15.2 Å². The zero-order valence-corrected chi connectivity index (χ0v) is 19.2. The van der Waals surface area contributed by atoms with Gasteiger partial charge in [0.25, 0.3) is 0 Å². The van der Waals surface area contributed by atoms with Crippen molar-refractivity contribution in [1.82, 2.24) is 10.2 Å². The lowest BCUT2D eigenvalue weighted by Crippen LogP contribution is -2.40. The first-order valence-electron chi connectivity index (χ1n) is 9.63. The second-order valence-electron chi connectivity index (χ2n) is 6.65. The molecule has 6 nitrogen and oxygen atoms in total. The molecule has 1 aliphatic heterocycles. The van der Waals surface area contributed by atoms with Crippen LogP contribution in [0.3, 0.4) is 0 Å². The van der Waals surface area contributed by atoms with Crippen molar-refractivity contribution in [2.75, 3.05) is 60.2 Å². The summed E-state index contributed by atoms with van der Waals surface area (Å²) in [4.78, 5) is 6.68. The van der Waals surface area contributed by atoms with E-state index in [1.807, 2.05) is 7.05 Å². The summed E-state index contributed by atoms with van der Waals surface area (Å²) in [6.45, 7) is 5.52. The van der Waals surface area contributed by atoms with Crippen molar-refractivity contribution >= 4 is 29.9 Å². The van der Waals surface area contributed by atoms with Crippen LogP contribution in [-0.2, 0) is 9.47 Å². The summed E-state index contributed by atoms with van der Waals surface area (Å²) in [6, 6.07) is 6.12. The third kappa shape index (κ3) is 9.38. The molecule has 8 heteroatoms. The molecule has 0 amide bonds. The Labute approximate surface area is 184 Å². The number of halogens is 2. The second-order valence-corrected chi connectivity index (χ2v) is 6.65. The second kappa shape index (κ2) is 14.8. The molecular weight excluding hydrogens is 476 g/mol. The Balaban J connectivity index is 0.00000392. The Kier molecular flexibility index (Phi) is 13.2. The van der Waals surface area contributed by atoms with Gasteiger partial charge in [0.2, 0.25) is 0 Å². The van der Waals surface area contributed by atoms with Crippen LogP contribution >= 0.6 is 24.0 Å². The van der Waals surface area contributed by atoms with Gasteiger partial charge in [0, 0.05) is 39.7 Å². The van der Waals surface area contributed by atoms with E-state index in [-0.39, 0.29) is 29.8 Å². The van der Waals surface area contributed by atoms with Gasteiger partial charge in [0.15, 0.2) is 5.96 Å². The average molecular weight is 509 g/mol. The lowest BCUT2D eigenvalue weighted by molar-refractivity contribution is 0.0536. The fourth-order valence-electron chi connectivity index (χ4n) is 3.03. The molecule has 0 saturated carbocycles. The van der Waals surface area contributed by atoms with E-state index in [1.165, 1.54) is 12.1 Å². The van der Waals surface area contributed by atoms with Gasteiger partial charge in [-0.1, -0.05) is 0 Å². The van der Waals surface area contributed by atoms with Gasteiger partial charge in [0.05, 0.1) is 26.4 Å². The first kappa shape index (κ1) is 24.9. The monoisotopic (exact) mass is 509 g/mol. The topological polar surface area (TPSA) is 55.3 Å². The number of unbranched alkanes of at least 4 members (excludes halogenated alkanes) is 1. The van der Waals surface area contributed by atoms with Crippen molar-refractivity contribution in [2.45, 2.75) is 19.3 Å². The summed E-state index contributed by atoms with van der Waals surface area (Å²) in [5.74, 6) is 1.96. The normalized spacial score (nSPS) is 16.8. The molecule has 28 heavy (non-hydrogen) atoms. The van der Waals surface area contributed by atoms with Gasteiger partial charge in [-0.3, -0.25) is 4.99 Å². The predicted molar refractivity (Wildman–Crippen MR) is 120 cm³/mol. The van der Waals surface area contributed by atoms with E-state index < -0.39 is 0 Å². The lowest BCUT2D eigenvalue weighted by Gasteiger charge is -2.21. The van der Waals surface area contributed by atoms with Crippen molar-refractivity contribution in [3.8, 4) is 5.75 Å². The number of methoxy groups -OCH3 is 1. The zero-order chi connectivity index (χ0) is 19.3. The highest BCUT2D eigenvalue weighted by Crippen LogP contribution is 2.16. The van der Waals surface area contributed by atoms with Gasteiger partial charge < -0.3 is 24.4 Å². The van der Waals surface area contributed by atoms with Gasteiger partial charge in [0.1, 0.15) is 11.6 Å². The minimum Gasteiger partial charge on any atom is -0.494 e. The molecule has 1 heterocycles. The molecule has 160 valence electrons. The molecule has 1 aromatic rings. The van der Waals surface area contributed by atoms with E-state index in [0.717, 1.165) is 51.5 Å². The van der Waals surface area contributed by atoms with Crippen molar-refractivity contribution in [2.24, 2.45) is 10.9 Å². The summed E-state index contributed by atoms with van der Waals surface area (Å²) >= 11 is 0. The summed E-state index contributed by atoms with van der Waals surface area (Å²) in [6.07, 6.45) is 3.04. The Morgan fingerprint density at radius 2 is 2.00 bits per heavy atom. The van der Waals surface area contributed by atoms with E-state index in [0.29, 0.717) is 31.5 Å². The highest BCUT2D eigenvalue weighted by atomic mass is 127. The Bertz CT molecular complexity index is 560. The number of likely N-dealkylation sites (tertiary alicyclic amines) is 1. The number of benzene rings is 1. The smallest absolute Gasteiger partial charge is 0.193 e. The highest BCUT2D eigenvalue weighted by Gasteiger charge is 2.24. The Morgan fingerprint density at radius 3 is 2.71 bits per heavy atom. The molecule has 1 aromatic carbocycles. The molecule has 0 radical (unpaired) electrons. The molecule has 1 fully saturated rings.